The Labute approximate surface area is 242 Å². The van der Waals surface area contributed by atoms with Crippen LogP contribution in [0.15, 0.2) is 66.9 Å². The number of pyridine rings is 1. The molecule has 3 aliphatic rings. The van der Waals surface area contributed by atoms with Gasteiger partial charge in [-0.2, -0.15) is 5.10 Å². The summed E-state index contributed by atoms with van der Waals surface area (Å²) in [4.78, 5) is 19.7. The predicted molar refractivity (Wildman–Crippen MR) is 163 cm³/mol. The van der Waals surface area contributed by atoms with Crippen LogP contribution < -0.4 is 5.32 Å². The lowest BCUT2D eigenvalue weighted by Gasteiger charge is -2.32. The second-order valence-corrected chi connectivity index (χ2v) is 12.0. The largest absolute Gasteiger partial charge is 0.378 e. The number of amides is 1. The van der Waals surface area contributed by atoms with Gasteiger partial charge in [0.25, 0.3) is 0 Å². The van der Waals surface area contributed by atoms with Gasteiger partial charge in [-0.1, -0.05) is 43.3 Å². The second-order valence-electron chi connectivity index (χ2n) is 12.0. The zero-order valence-corrected chi connectivity index (χ0v) is 24.1. The molecule has 1 aliphatic heterocycles. The monoisotopic (exact) mass is 545 g/mol. The molecule has 0 spiro atoms. The van der Waals surface area contributed by atoms with Crippen molar-refractivity contribution in [3.8, 4) is 17.1 Å². The quantitative estimate of drug-likeness (QED) is 0.271. The van der Waals surface area contributed by atoms with Crippen molar-refractivity contribution in [2.45, 2.75) is 70.8 Å². The number of hydrogen-bond donors (Lipinski definition) is 1. The van der Waals surface area contributed by atoms with Crippen molar-refractivity contribution >= 4 is 11.6 Å². The lowest BCUT2D eigenvalue weighted by atomic mass is 9.88. The van der Waals surface area contributed by atoms with E-state index < -0.39 is 0 Å². The third-order valence-electron chi connectivity index (χ3n) is 9.34. The number of piperidine rings is 1. The molecule has 1 saturated carbocycles. The fraction of sp³-hybridized carbons (Fsp3) is 0.400. The molecule has 2 fully saturated rings. The molecular formula is C35H39N5O. The summed E-state index contributed by atoms with van der Waals surface area (Å²) in [6.45, 7) is 6.17. The SMILES string of the molecule is CCc1ccnn1-c1cccc(-c2cccc3c2C(Nc2ccc(C4CCN(C(=O)C5CC5)CC4)cc2C)CC3)n1. The van der Waals surface area contributed by atoms with Gasteiger partial charge in [0.1, 0.15) is 0 Å². The average Bonchev–Trinajstić information content (AvgIpc) is 3.61. The number of fused-ring (bicyclic) bond motifs is 1. The predicted octanol–water partition coefficient (Wildman–Crippen LogP) is 7.02. The van der Waals surface area contributed by atoms with Crippen LogP contribution >= 0.6 is 0 Å². The van der Waals surface area contributed by atoms with Gasteiger partial charge in [-0.25, -0.2) is 9.67 Å². The van der Waals surface area contributed by atoms with Gasteiger partial charge in [-0.05, 0) is 104 Å². The molecule has 2 aromatic carbocycles. The van der Waals surface area contributed by atoms with E-state index in [0.717, 1.165) is 75.2 Å². The molecule has 2 aromatic heterocycles. The summed E-state index contributed by atoms with van der Waals surface area (Å²) in [5.74, 6) is 2.11. The lowest BCUT2D eigenvalue weighted by Crippen LogP contribution is -2.38. The highest BCUT2D eigenvalue weighted by Gasteiger charge is 2.35. The van der Waals surface area contributed by atoms with E-state index in [0.29, 0.717) is 17.7 Å². The van der Waals surface area contributed by atoms with Gasteiger partial charge in [0.05, 0.1) is 11.7 Å². The number of carbonyl (C=O) groups excluding carboxylic acids is 1. The first-order chi connectivity index (χ1) is 20.1. The third kappa shape index (κ3) is 5.05. The molecule has 6 heteroatoms. The fourth-order valence-electron chi connectivity index (χ4n) is 6.86. The van der Waals surface area contributed by atoms with Gasteiger partial charge in [-0.3, -0.25) is 4.79 Å². The summed E-state index contributed by atoms with van der Waals surface area (Å²) in [6.07, 6.45) is 9.20. The minimum Gasteiger partial charge on any atom is -0.378 e. The average molecular weight is 546 g/mol. The van der Waals surface area contributed by atoms with Crippen molar-refractivity contribution in [2.24, 2.45) is 5.92 Å². The second kappa shape index (κ2) is 10.8. The molecule has 1 atom stereocenters. The number of benzene rings is 2. The first-order valence-electron chi connectivity index (χ1n) is 15.4. The molecule has 1 saturated heterocycles. The third-order valence-corrected chi connectivity index (χ3v) is 9.34. The maximum Gasteiger partial charge on any atom is 0.225 e. The molecule has 41 heavy (non-hydrogen) atoms. The Balaban J connectivity index is 1.10. The summed E-state index contributed by atoms with van der Waals surface area (Å²) in [6, 6.07) is 22.1. The van der Waals surface area contributed by atoms with Crippen LogP contribution in [-0.2, 0) is 17.6 Å². The van der Waals surface area contributed by atoms with Crippen molar-refractivity contribution in [2.75, 3.05) is 18.4 Å². The highest BCUT2D eigenvalue weighted by Crippen LogP contribution is 2.41. The van der Waals surface area contributed by atoms with E-state index in [1.807, 2.05) is 16.9 Å². The Morgan fingerprint density at radius 2 is 1.80 bits per heavy atom. The maximum atomic E-state index is 12.5. The van der Waals surface area contributed by atoms with E-state index in [4.69, 9.17) is 4.98 Å². The molecule has 0 bridgehead atoms. The number of carbonyl (C=O) groups is 1. The Bertz CT molecular complexity index is 1580. The summed E-state index contributed by atoms with van der Waals surface area (Å²) in [7, 11) is 0. The number of aromatic nitrogens is 3. The molecular weight excluding hydrogens is 506 g/mol. The molecule has 2 aliphatic carbocycles. The zero-order chi connectivity index (χ0) is 27.9. The molecule has 210 valence electrons. The molecule has 1 unspecified atom stereocenters. The number of nitrogens with zero attached hydrogens (tertiary/aromatic N) is 4. The normalized spacial score (nSPS) is 18.9. The van der Waals surface area contributed by atoms with Crippen LogP contribution in [-0.4, -0.2) is 38.7 Å². The molecule has 6 nitrogen and oxygen atoms in total. The molecule has 1 amide bonds. The number of nitrogens with one attached hydrogen (secondary N) is 1. The van der Waals surface area contributed by atoms with Crippen molar-refractivity contribution in [3.63, 3.8) is 0 Å². The van der Waals surface area contributed by atoms with Gasteiger partial charge in [-0.15, -0.1) is 0 Å². The highest BCUT2D eigenvalue weighted by molar-refractivity contribution is 5.81. The highest BCUT2D eigenvalue weighted by atomic mass is 16.2. The van der Waals surface area contributed by atoms with E-state index in [1.165, 1.54) is 33.5 Å². The van der Waals surface area contributed by atoms with Crippen LogP contribution in [0, 0.1) is 12.8 Å². The Morgan fingerprint density at radius 1 is 0.976 bits per heavy atom. The number of aryl methyl sites for hydroxylation is 3. The van der Waals surface area contributed by atoms with Crippen LogP contribution in [0.2, 0.25) is 0 Å². The number of hydrogen-bond acceptors (Lipinski definition) is 4. The molecule has 0 radical (unpaired) electrons. The molecule has 3 heterocycles. The molecule has 4 aromatic rings. The number of anilines is 1. The number of rotatable bonds is 7. The fourth-order valence-corrected chi connectivity index (χ4v) is 6.86. The molecule has 1 N–H and O–H groups in total. The summed E-state index contributed by atoms with van der Waals surface area (Å²) in [5, 5.41) is 8.44. The summed E-state index contributed by atoms with van der Waals surface area (Å²) >= 11 is 0. The first-order valence-corrected chi connectivity index (χ1v) is 15.4. The van der Waals surface area contributed by atoms with E-state index in [2.05, 4.69) is 83.8 Å². The van der Waals surface area contributed by atoms with Crippen LogP contribution in [0.4, 0.5) is 5.69 Å². The van der Waals surface area contributed by atoms with E-state index >= 15 is 0 Å². The van der Waals surface area contributed by atoms with Gasteiger partial charge in [0.2, 0.25) is 5.91 Å². The van der Waals surface area contributed by atoms with Crippen molar-refractivity contribution in [1.82, 2.24) is 19.7 Å². The van der Waals surface area contributed by atoms with Gasteiger partial charge < -0.3 is 10.2 Å². The summed E-state index contributed by atoms with van der Waals surface area (Å²) in [5.41, 5.74) is 10.0. The topological polar surface area (TPSA) is 63.1 Å². The summed E-state index contributed by atoms with van der Waals surface area (Å²) < 4.78 is 1.95. The maximum absolute atomic E-state index is 12.5. The van der Waals surface area contributed by atoms with Crippen LogP contribution in [0.1, 0.15) is 78.9 Å². The van der Waals surface area contributed by atoms with E-state index in [-0.39, 0.29) is 6.04 Å². The minimum absolute atomic E-state index is 0.240. The van der Waals surface area contributed by atoms with Crippen molar-refractivity contribution < 1.29 is 4.79 Å². The smallest absolute Gasteiger partial charge is 0.225 e. The Hall–Kier alpha value is -3.93. The minimum atomic E-state index is 0.240. The standard InChI is InChI=1S/C35H39N5O/c1-3-28-16-19-36-40(28)33-9-5-8-31(38-33)29-7-4-6-25-12-15-32(34(25)29)37-30-14-13-27(22-23(30)2)24-17-20-39(21-18-24)35(41)26-10-11-26/h4-9,13-14,16,19,22,24,26,32,37H,3,10-12,15,17-18,20-21H2,1-2H3. The zero-order valence-electron chi connectivity index (χ0n) is 24.1. The Morgan fingerprint density at radius 3 is 2.59 bits per heavy atom. The van der Waals surface area contributed by atoms with Crippen LogP contribution in [0.5, 0.6) is 0 Å². The van der Waals surface area contributed by atoms with Crippen LogP contribution in [0.25, 0.3) is 17.1 Å². The van der Waals surface area contributed by atoms with E-state index in [1.54, 1.807) is 0 Å². The van der Waals surface area contributed by atoms with Gasteiger partial charge in [0.15, 0.2) is 5.82 Å². The lowest BCUT2D eigenvalue weighted by molar-refractivity contribution is -0.133. The Kier molecular flexibility index (Phi) is 6.85. The number of likely N-dealkylation sites (tertiary alicyclic amines) is 1. The van der Waals surface area contributed by atoms with Gasteiger partial charge >= 0.3 is 0 Å². The van der Waals surface area contributed by atoms with Crippen molar-refractivity contribution in [3.05, 3.63) is 94.8 Å². The van der Waals surface area contributed by atoms with Crippen LogP contribution in [0.3, 0.4) is 0 Å². The van der Waals surface area contributed by atoms with Crippen molar-refractivity contribution in [1.29, 1.82) is 0 Å². The van der Waals surface area contributed by atoms with Gasteiger partial charge in [0, 0.05) is 42.1 Å². The molecule has 7 rings (SSSR count). The first kappa shape index (κ1) is 26.0. The van der Waals surface area contributed by atoms with E-state index in [9.17, 15) is 4.79 Å².